The summed E-state index contributed by atoms with van der Waals surface area (Å²) in [6, 6.07) is 0. The lowest BCUT2D eigenvalue weighted by molar-refractivity contribution is 0.0366. The smallest absolute Gasteiger partial charge is 0.182 e. The average molecular weight is 295 g/mol. The van der Waals surface area contributed by atoms with Gasteiger partial charge in [-0.05, 0) is 11.5 Å². The van der Waals surface area contributed by atoms with E-state index in [1.54, 1.807) is 14.2 Å². The molecule has 0 aliphatic rings. The number of nitrogens with two attached hydrogens (primary N) is 1. The molecule has 0 aliphatic carbocycles. The van der Waals surface area contributed by atoms with Crippen LogP contribution in [0, 0.1) is 0 Å². The first kappa shape index (κ1) is 15.2. The fourth-order valence-electron chi connectivity index (χ4n) is 1.37. The summed E-state index contributed by atoms with van der Waals surface area (Å²) in [6.07, 6.45) is 0.923. The highest BCUT2D eigenvalue weighted by Gasteiger charge is 2.21. The van der Waals surface area contributed by atoms with Crippen molar-refractivity contribution in [3.05, 3.63) is 0 Å². The summed E-state index contributed by atoms with van der Waals surface area (Å²) in [5.74, 6) is 0.0192. The van der Waals surface area contributed by atoms with Crippen molar-refractivity contribution in [1.82, 2.24) is 4.37 Å². The van der Waals surface area contributed by atoms with Crippen molar-refractivity contribution in [3.8, 4) is 0 Å². The van der Waals surface area contributed by atoms with Crippen LogP contribution in [0.15, 0.2) is 4.90 Å². The van der Waals surface area contributed by atoms with Crippen LogP contribution in [0.25, 0.3) is 0 Å². The monoisotopic (exact) mass is 295 g/mol. The Labute approximate surface area is 110 Å². The topological polar surface area (TPSA) is 104 Å². The second-order valence-corrected chi connectivity index (χ2v) is 6.42. The first-order chi connectivity index (χ1) is 8.40. The van der Waals surface area contributed by atoms with Crippen molar-refractivity contribution < 1.29 is 17.9 Å². The van der Waals surface area contributed by atoms with Gasteiger partial charge >= 0.3 is 0 Å². The van der Waals surface area contributed by atoms with Gasteiger partial charge in [0.2, 0.25) is 0 Å². The van der Waals surface area contributed by atoms with E-state index in [2.05, 4.69) is 9.69 Å². The zero-order valence-corrected chi connectivity index (χ0v) is 12.1. The van der Waals surface area contributed by atoms with Gasteiger partial charge in [0, 0.05) is 27.0 Å². The normalized spacial score (nSPS) is 13.5. The average Bonchev–Trinajstić information content (AvgIpc) is 2.65. The number of anilines is 2. The molecule has 7 nitrogen and oxygen atoms in total. The van der Waals surface area contributed by atoms with Crippen LogP contribution in [0.3, 0.4) is 0 Å². The lowest BCUT2D eigenvalue weighted by atomic mass is 10.4. The number of hydrogen-bond donors (Lipinski definition) is 2. The third kappa shape index (κ3) is 3.80. The Balaban J connectivity index is 2.80. The molecule has 9 heteroatoms. The highest BCUT2D eigenvalue weighted by Crippen LogP contribution is 2.31. The highest BCUT2D eigenvalue weighted by molar-refractivity contribution is 7.91. The molecule has 1 heterocycles. The molecule has 104 valence electrons. The third-order valence-electron chi connectivity index (χ3n) is 2.22. The van der Waals surface area contributed by atoms with Gasteiger partial charge in [-0.25, -0.2) is 8.42 Å². The molecule has 0 saturated carbocycles. The Hall–Kier alpha value is -0.900. The number of ether oxygens (including phenoxy) is 2. The number of nitrogens with zero attached hydrogens (tertiary/aromatic N) is 1. The molecule has 0 aliphatic heterocycles. The van der Waals surface area contributed by atoms with Crippen molar-refractivity contribution >= 4 is 32.2 Å². The molecule has 1 aromatic heterocycles. The summed E-state index contributed by atoms with van der Waals surface area (Å²) in [5.41, 5.74) is 5.55. The van der Waals surface area contributed by atoms with Crippen LogP contribution in [-0.4, -0.2) is 52.5 Å². The van der Waals surface area contributed by atoms with Crippen molar-refractivity contribution in [2.45, 2.75) is 11.0 Å². The SMILES string of the molecule is COCC(CNc1snc(N)c1S(C)(=O)=O)OC. The van der Waals surface area contributed by atoms with Gasteiger partial charge in [-0.2, -0.15) is 4.37 Å². The van der Waals surface area contributed by atoms with E-state index >= 15 is 0 Å². The van der Waals surface area contributed by atoms with Crippen molar-refractivity contribution in [2.75, 3.05) is 44.7 Å². The molecule has 0 radical (unpaired) electrons. The van der Waals surface area contributed by atoms with Gasteiger partial charge in [0.25, 0.3) is 0 Å². The van der Waals surface area contributed by atoms with Gasteiger partial charge < -0.3 is 20.5 Å². The van der Waals surface area contributed by atoms with Crippen LogP contribution in [0.1, 0.15) is 0 Å². The Bertz CT molecular complexity index is 486. The number of sulfone groups is 1. The van der Waals surface area contributed by atoms with E-state index in [9.17, 15) is 8.42 Å². The van der Waals surface area contributed by atoms with Crippen molar-refractivity contribution in [1.29, 1.82) is 0 Å². The quantitative estimate of drug-likeness (QED) is 0.740. The maximum Gasteiger partial charge on any atom is 0.182 e. The fourth-order valence-corrected chi connectivity index (χ4v) is 3.44. The zero-order valence-electron chi connectivity index (χ0n) is 10.5. The minimum Gasteiger partial charge on any atom is -0.382 e. The molecule has 3 N–H and O–H groups in total. The largest absolute Gasteiger partial charge is 0.382 e. The van der Waals surface area contributed by atoms with Gasteiger partial charge in [-0.3, -0.25) is 0 Å². The number of methoxy groups -OCH3 is 2. The van der Waals surface area contributed by atoms with E-state index in [1.807, 2.05) is 0 Å². The van der Waals surface area contributed by atoms with Crippen LogP contribution in [0.5, 0.6) is 0 Å². The van der Waals surface area contributed by atoms with E-state index in [0.29, 0.717) is 18.2 Å². The number of nitrogens with one attached hydrogen (secondary N) is 1. The standard InChI is InChI=1S/C9H17N3O4S2/c1-15-5-6(16-2)4-11-9-7(18(3,13)14)8(10)12-17-9/h6,11H,4-5H2,1-3H3,(H2,10,12). The number of rotatable bonds is 7. The highest BCUT2D eigenvalue weighted by atomic mass is 32.2. The Morgan fingerprint density at radius 3 is 2.67 bits per heavy atom. The summed E-state index contributed by atoms with van der Waals surface area (Å²) in [4.78, 5) is 0.0415. The molecule has 0 spiro atoms. The van der Waals surface area contributed by atoms with Gasteiger partial charge in [0.15, 0.2) is 15.7 Å². The predicted molar refractivity (Wildman–Crippen MR) is 70.8 cm³/mol. The van der Waals surface area contributed by atoms with Gasteiger partial charge in [-0.1, -0.05) is 0 Å². The summed E-state index contributed by atoms with van der Waals surface area (Å²) < 4.78 is 37.1. The molecular weight excluding hydrogens is 278 g/mol. The first-order valence-electron chi connectivity index (χ1n) is 5.11. The summed E-state index contributed by atoms with van der Waals surface area (Å²) in [5, 5.41) is 3.39. The maximum absolute atomic E-state index is 11.6. The van der Waals surface area contributed by atoms with Crippen LogP contribution >= 0.6 is 11.5 Å². The summed E-state index contributed by atoms with van der Waals surface area (Å²) >= 11 is 1.01. The van der Waals surface area contributed by atoms with E-state index < -0.39 is 9.84 Å². The van der Waals surface area contributed by atoms with Crippen molar-refractivity contribution in [2.24, 2.45) is 0 Å². The van der Waals surface area contributed by atoms with Crippen molar-refractivity contribution in [3.63, 3.8) is 0 Å². The lowest BCUT2D eigenvalue weighted by Crippen LogP contribution is -2.26. The molecule has 0 aromatic carbocycles. The minimum atomic E-state index is -3.40. The fraction of sp³-hybridized carbons (Fsp3) is 0.667. The van der Waals surface area contributed by atoms with Crippen LogP contribution in [0.4, 0.5) is 10.8 Å². The van der Waals surface area contributed by atoms with Gasteiger partial charge in [0.1, 0.15) is 9.90 Å². The van der Waals surface area contributed by atoms with Gasteiger partial charge in [-0.15, -0.1) is 0 Å². The Kier molecular flexibility index (Phi) is 5.32. The predicted octanol–water partition coefficient (Wildman–Crippen LogP) is 0.202. The second-order valence-electron chi connectivity index (χ2n) is 3.69. The van der Waals surface area contributed by atoms with E-state index in [1.165, 1.54) is 0 Å². The lowest BCUT2D eigenvalue weighted by Gasteiger charge is -2.15. The number of aromatic nitrogens is 1. The van der Waals surface area contributed by atoms with Crippen LogP contribution in [-0.2, 0) is 19.3 Å². The number of nitrogen functional groups attached to an aromatic ring is 1. The second kappa shape index (κ2) is 6.32. The Morgan fingerprint density at radius 2 is 2.17 bits per heavy atom. The summed E-state index contributed by atoms with van der Waals surface area (Å²) in [7, 11) is -0.272. The summed E-state index contributed by atoms with van der Waals surface area (Å²) in [6.45, 7) is 0.820. The molecule has 1 unspecified atom stereocenters. The maximum atomic E-state index is 11.6. The molecule has 18 heavy (non-hydrogen) atoms. The third-order valence-corrected chi connectivity index (χ3v) is 4.32. The molecule has 0 saturated heterocycles. The molecule has 1 atom stereocenters. The van der Waals surface area contributed by atoms with Gasteiger partial charge in [0.05, 0.1) is 12.7 Å². The molecular formula is C9H17N3O4S2. The van der Waals surface area contributed by atoms with E-state index in [4.69, 9.17) is 15.2 Å². The Morgan fingerprint density at radius 1 is 1.50 bits per heavy atom. The first-order valence-corrected chi connectivity index (χ1v) is 7.77. The molecule has 0 amide bonds. The molecule has 0 fully saturated rings. The molecule has 0 bridgehead atoms. The molecule has 1 aromatic rings. The number of hydrogen-bond acceptors (Lipinski definition) is 8. The zero-order chi connectivity index (χ0) is 13.8. The van der Waals surface area contributed by atoms with Crippen LogP contribution in [0.2, 0.25) is 0 Å². The molecule has 1 rings (SSSR count). The minimum absolute atomic E-state index is 0.0192. The van der Waals surface area contributed by atoms with E-state index in [0.717, 1.165) is 17.8 Å². The van der Waals surface area contributed by atoms with E-state index in [-0.39, 0.29) is 16.8 Å². The van der Waals surface area contributed by atoms with Crippen LogP contribution < -0.4 is 11.1 Å².